The molecule has 24 heavy (non-hydrogen) atoms. The fourth-order valence-corrected chi connectivity index (χ4v) is 3.79. The van der Waals surface area contributed by atoms with Crippen molar-refractivity contribution in [3.63, 3.8) is 0 Å². The summed E-state index contributed by atoms with van der Waals surface area (Å²) >= 11 is 1.66. The molecule has 1 saturated heterocycles. The highest BCUT2D eigenvalue weighted by Crippen LogP contribution is 2.37. The van der Waals surface area contributed by atoms with Gasteiger partial charge in [0.25, 0.3) is 0 Å². The van der Waals surface area contributed by atoms with E-state index in [1.807, 2.05) is 11.6 Å². The fraction of sp³-hybridized carbons (Fsp3) is 0.438. The highest BCUT2D eigenvalue weighted by atomic mass is 32.1. The molecular formula is C16H20N4O3S. The summed E-state index contributed by atoms with van der Waals surface area (Å²) in [4.78, 5) is 19.9. The molecule has 0 spiro atoms. The van der Waals surface area contributed by atoms with E-state index >= 15 is 0 Å². The number of nitro benzene ring substituents is 1. The van der Waals surface area contributed by atoms with Crippen LogP contribution in [0.2, 0.25) is 0 Å². The van der Waals surface area contributed by atoms with Crippen LogP contribution in [0, 0.1) is 10.1 Å². The van der Waals surface area contributed by atoms with Crippen LogP contribution < -0.4 is 9.64 Å². The van der Waals surface area contributed by atoms with Crippen molar-refractivity contribution in [3.05, 3.63) is 44.9 Å². The molecular weight excluding hydrogens is 328 g/mol. The third-order valence-electron chi connectivity index (χ3n) is 4.39. The first kappa shape index (κ1) is 16.7. The molecule has 0 unspecified atom stereocenters. The van der Waals surface area contributed by atoms with Gasteiger partial charge in [0.05, 0.1) is 18.1 Å². The number of para-hydroxylation sites is 1. The first-order chi connectivity index (χ1) is 11.6. The Balaban J connectivity index is 1.74. The maximum absolute atomic E-state index is 11.5. The molecule has 0 amide bonds. The normalized spacial score (nSPS) is 16.8. The average molecular weight is 348 g/mol. The van der Waals surface area contributed by atoms with Crippen molar-refractivity contribution in [2.45, 2.75) is 13.0 Å². The molecule has 1 aromatic carbocycles. The van der Waals surface area contributed by atoms with Gasteiger partial charge in [0.1, 0.15) is 10.7 Å². The first-order valence-corrected chi connectivity index (χ1v) is 8.69. The third kappa shape index (κ3) is 3.20. The average Bonchev–Trinajstić information content (AvgIpc) is 3.15. The second kappa shape index (κ2) is 7.14. The van der Waals surface area contributed by atoms with Gasteiger partial charge in [-0.3, -0.25) is 15.0 Å². The predicted molar refractivity (Wildman–Crippen MR) is 94.0 cm³/mol. The number of benzene rings is 1. The fourth-order valence-electron chi connectivity index (χ4n) is 3.06. The molecule has 1 aromatic heterocycles. The molecule has 3 rings (SSSR count). The predicted octanol–water partition coefficient (Wildman–Crippen LogP) is 2.94. The van der Waals surface area contributed by atoms with E-state index in [1.54, 1.807) is 29.5 Å². The number of hydrogen-bond donors (Lipinski definition) is 0. The Bertz CT molecular complexity index is 699. The van der Waals surface area contributed by atoms with Gasteiger partial charge in [-0.2, -0.15) is 0 Å². The van der Waals surface area contributed by atoms with Crippen LogP contribution in [0.4, 0.5) is 11.4 Å². The number of hydrogen-bond acceptors (Lipinski definition) is 7. The van der Waals surface area contributed by atoms with Crippen LogP contribution in [-0.4, -0.2) is 48.1 Å². The molecule has 0 N–H and O–H groups in total. The zero-order chi connectivity index (χ0) is 17.1. The van der Waals surface area contributed by atoms with Crippen LogP contribution in [0.5, 0.6) is 5.75 Å². The number of nitro groups is 1. The molecule has 0 aliphatic carbocycles. The summed E-state index contributed by atoms with van der Waals surface area (Å²) in [5, 5.41) is 14.5. The van der Waals surface area contributed by atoms with E-state index in [4.69, 9.17) is 4.74 Å². The Morgan fingerprint density at radius 1 is 1.33 bits per heavy atom. The smallest absolute Gasteiger partial charge is 0.333 e. The van der Waals surface area contributed by atoms with E-state index in [0.29, 0.717) is 11.4 Å². The van der Waals surface area contributed by atoms with Gasteiger partial charge in [0.15, 0.2) is 5.75 Å². The molecule has 1 fully saturated rings. The summed E-state index contributed by atoms with van der Waals surface area (Å²) < 4.78 is 5.16. The van der Waals surface area contributed by atoms with Crippen LogP contribution in [0.1, 0.15) is 18.0 Å². The molecule has 1 atom stereocenters. The maximum Gasteiger partial charge on any atom is 0.333 e. The molecule has 0 radical (unpaired) electrons. The van der Waals surface area contributed by atoms with Crippen molar-refractivity contribution in [2.75, 3.05) is 38.2 Å². The van der Waals surface area contributed by atoms with Crippen molar-refractivity contribution in [1.82, 2.24) is 9.88 Å². The number of aromatic nitrogens is 1. The minimum absolute atomic E-state index is 0.0430. The Kier molecular flexibility index (Phi) is 4.96. The van der Waals surface area contributed by atoms with Gasteiger partial charge in [-0.1, -0.05) is 6.07 Å². The van der Waals surface area contributed by atoms with Crippen LogP contribution in [0.3, 0.4) is 0 Å². The second-order valence-corrected chi connectivity index (χ2v) is 6.58. The van der Waals surface area contributed by atoms with Gasteiger partial charge in [-0.05, 0) is 19.1 Å². The van der Waals surface area contributed by atoms with Gasteiger partial charge in [-0.15, -0.1) is 11.3 Å². The lowest BCUT2D eigenvalue weighted by atomic mass is 10.2. The highest BCUT2D eigenvalue weighted by Gasteiger charge is 2.29. The van der Waals surface area contributed by atoms with E-state index in [-0.39, 0.29) is 16.7 Å². The van der Waals surface area contributed by atoms with Crippen LogP contribution in [-0.2, 0) is 0 Å². The van der Waals surface area contributed by atoms with Gasteiger partial charge in [0, 0.05) is 37.8 Å². The summed E-state index contributed by atoms with van der Waals surface area (Å²) in [7, 11) is 1.46. The lowest BCUT2D eigenvalue weighted by Gasteiger charge is -2.38. The second-order valence-electron chi connectivity index (χ2n) is 5.65. The number of anilines is 1. The number of piperazine rings is 1. The molecule has 2 heterocycles. The van der Waals surface area contributed by atoms with Crippen LogP contribution in [0.25, 0.3) is 0 Å². The Morgan fingerprint density at radius 2 is 2.08 bits per heavy atom. The molecule has 0 bridgehead atoms. The van der Waals surface area contributed by atoms with E-state index in [9.17, 15) is 10.1 Å². The number of methoxy groups -OCH3 is 1. The van der Waals surface area contributed by atoms with E-state index in [0.717, 1.165) is 31.2 Å². The minimum atomic E-state index is -0.362. The molecule has 1 aliphatic rings. The summed E-state index contributed by atoms with van der Waals surface area (Å²) in [5.41, 5.74) is 0.669. The summed E-state index contributed by atoms with van der Waals surface area (Å²) in [6, 6.07) is 5.49. The number of thiazole rings is 1. The minimum Gasteiger partial charge on any atom is -0.490 e. The summed E-state index contributed by atoms with van der Waals surface area (Å²) in [6.45, 7) is 5.32. The van der Waals surface area contributed by atoms with Gasteiger partial charge in [0.2, 0.25) is 0 Å². The molecule has 128 valence electrons. The molecule has 2 aromatic rings. The number of ether oxygens (including phenoxy) is 1. The lowest BCUT2D eigenvalue weighted by molar-refractivity contribution is -0.385. The van der Waals surface area contributed by atoms with Gasteiger partial charge < -0.3 is 9.64 Å². The Morgan fingerprint density at radius 3 is 2.67 bits per heavy atom. The highest BCUT2D eigenvalue weighted by molar-refractivity contribution is 7.09. The molecule has 8 heteroatoms. The Hall–Kier alpha value is -2.19. The zero-order valence-electron chi connectivity index (χ0n) is 13.7. The summed E-state index contributed by atoms with van der Waals surface area (Å²) in [5.74, 6) is 0.302. The van der Waals surface area contributed by atoms with Crippen LogP contribution in [0.15, 0.2) is 29.8 Å². The van der Waals surface area contributed by atoms with Crippen LogP contribution >= 0.6 is 11.3 Å². The first-order valence-electron chi connectivity index (χ1n) is 7.81. The van der Waals surface area contributed by atoms with Crippen molar-refractivity contribution in [2.24, 2.45) is 0 Å². The zero-order valence-corrected chi connectivity index (χ0v) is 14.5. The lowest BCUT2D eigenvalue weighted by Crippen LogP contribution is -2.47. The van der Waals surface area contributed by atoms with Gasteiger partial charge in [-0.25, -0.2) is 4.98 Å². The number of nitrogens with zero attached hydrogens (tertiary/aromatic N) is 4. The van der Waals surface area contributed by atoms with Crippen molar-refractivity contribution >= 4 is 22.7 Å². The largest absolute Gasteiger partial charge is 0.490 e. The molecule has 1 aliphatic heterocycles. The van der Waals surface area contributed by atoms with Crippen molar-refractivity contribution in [3.8, 4) is 5.75 Å². The third-order valence-corrected chi connectivity index (χ3v) is 5.34. The van der Waals surface area contributed by atoms with E-state index in [2.05, 4.69) is 21.7 Å². The number of rotatable bonds is 5. The topological polar surface area (TPSA) is 71.7 Å². The van der Waals surface area contributed by atoms with E-state index in [1.165, 1.54) is 7.11 Å². The molecule has 0 saturated carbocycles. The maximum atomic E-state index is 11.5. The SMILES string of the molecule is COc1cccc(N2CCN([C@@H](C)c3nccs3)CC2)c1[N+](=O)[O-]. The standard InChI is InChI=1S/C16H20N4O3S/c1-12(16-17-6-11-24-16)18-7-9-19(10-8-18)13-4-3-5-14(23-2)15(13)20(21)22/h3-6,11-12H,7-10H2,1-2H3/t12-/m0/s1. The monoisotopic (exact) mass is 348 g/mol. The van der Waals surface area contributed by atoms with Crippen molar-refractivity contribution in [1.29, 1.82) is 0 Å². The van der Waals surface area contributed by atoms with Crippen molar-refractivity contribution < 1.29 is 9.66 Å². The quantitative estimate of drug-likeness (QED) is 0.611. The summed E-state index contributed by atoms with van der Waals surface area (Å²) in [6.07, 6.45) is 1.83. The molecule has 7 nitrogen and oxygen atoms in total. The van der Waals surface area contributed by atoms with Gasteiger partial charge >= 0.3 is 5.69 Å². The Labute approximate surface area is 144 Å². The van der Waals surface area contributed by atoms with E-state index < -0.39 is 0 Å².